The van der Waals surface area contributed by atoms with E-state index in [9.17, 15) is 0 Å². The SMILES string of the molecule is CCCCCCCCCCCCNC1CCC(C)(C)C1. The van der Waals surface area contributed by atoms with Crippen molar-refractivity contribution < 1.29 is 0 Å². The summed E-state index contributed by atoms with van der Waals surface area (Å²) in [6.07, 6.45) is 18.6. The lowest BCUT2D eigenvalue weighted by Gasteiger charge is -2.17. The van der Waals surface area contributed by atoms with Crippen LogP contribution >= 0.6 is 0 Å². The van der Waals surface area contributed by atoms with Crippen molar-refractivity contribution in [3.63, 3.8) is 0 Å². The van der Waals surface area contributed by atoms with E-state index in [0.29, 0.717) is 5.41 Å². The van der Waals surface area contributed by atoms with Crippen LogP contribution in [-0.4, -0.2) is 12.6 Å². The van der Waals surface area contributed by atoms with Crippen LogP contribution in [-0.2, 0) is 0 Å². The van der Waals surface area contributed by atoms with Crippen LogP contribution in [0.2, 0.25) is 0 Å². The van der Waals surface area contributed by atoms with Crippen LogP contribution in [0.25, 0.3) is 0 Å². The normalized spacial score (nSPS) is 21.4. The number of hydrogen-bond donors (Lipinski definition) is 1. The number of rotatable bonds is 12. The van der Waals surface area contributed by atoms with E-state index in [-0.39, 0.29) is 0 Å². The minimum atomic E-state index is 0.593. The molecular weight excluding hydrogens is 242 g/mol. The molecule has 1 N–H and O–H groups in total. The summed E-state index contributed by atoms with van der Waals surface area (Å²) < 4.78 is 0. The third-order valence-corrected chi connectivity index (χ3v) is 4.93. The van der Waals surface area contributed by atoms with Crippen LogP contribution in [0.15, 0.2) is 0 Å². The van der Waals surface area contributed by atoms with Crippen LogP contribution in [0, 0.1) is 5.41 Å². The van der Waals surface area contributed by atoms with Crippen molar-refractivity contribution in [3.05, 3.63) is 0 Å². The van der Waals surface area contributed by atoms with Gasteiger partial charge < -0.3 is 5.32 Å². The molecule has 0 saturated heterocycles. The predicted octanol–water partition coefficient (Wildman–Crippen LogP) is 6.08. The molecule has 0 amide bonds. The summed E-state index contributed by atoms with van der Waals surface area (Å²) in [5, 5.41) is 3.76. The van der Waals surface area contributed by atoms with Gasteiger partial charge in [0.05, 0.1) is 0 Å². The van der Waals surface area contributed by atoms with E-state index in [4.69, 9.17) is 0 Å². The lowest BCUT2D eigenvalue weighted by Crippen LogP contribution is -2.28. The van der Waals surface area contributed by atoms with Gasteiger partial charge in [0.1, 0.15) is 0 Å². The first-order valence-corrected chi connectivity index (χ1v) is 9.37. The molecular formula is C19H39N. The van der Waals surface area contributed by atoms with Crippen molar-refractivity contribution in [2.45, 2.75) is 110 Å². The number of nitrogens with one attached hydrogen (secondary N) is 1. The highest BCUT2D eigenvalue weighted by Gasteiger charge is 2.30. The quantitative estimate of drug-likeness (QED) is 0.428. The fourth-order valence-electron chi connectivity index (χ4n) is 3.53. The van der Waals surface area contributed by atoms with Gasteiger partial charge in [-0.3, -0.25) is 0 Å². The summed E-state index contributed by atoms with van der Waals surface area (Å²) in [6.45, 7) is 8.36. The Morgan fingerprint density at radius 3 is 1.90 bits per heavy atom. The number of unbranched alkanes of at least 4 members (excludes halogenated alkanes) is 9. The van der Waals surface area contributed by atoms with E-state index in [1.165, 1.54) is 90.0 Å². The molecule has 20 heavy (non-hydrogen) atoms. The maximum Gasteiger partial charge on any atom is 0.00723 e. The highest BCUT2D eigenvalue weighted by Crippen LogP contribution is 2.36. The zero-order chi connectivity index (χ0) is 14.7. The summed E-state index contributed by atoms with van der Waals surface area (Å²) in [7, 11) is 0. The van der Waals surface area contributed by atoms with E-state index < -0.39 is 0 Å². The molecule has 1 heteroatoms. The van der Waals surface area contributed by atoms with Gasteiger partial charge in [-0.2, -0.15) is 0 Å². The van der Waals surface area contributed by atoms with Crippen LogP contribution in [0.4, 0.5) is 0 Å². The topological polar surface area (TPSA) is 12.0 Å². The maximum absolute atomic E-state index is 3.76. The molecule has 0 aromatic rings. The molecule has 1 fully saturated rings. The molecule has 1 aliphatic carbocycles. The van der Waals surface area contributed by atoms with E-state index in [0.717, 1.165) is 6.04 Å². The van der Waals surface area contributed by atoms with E-state index in [1.807, 2.05) is 0 Å². The molecule has 1 nitrogen and oxygen atoms in total. The van der Waals surface area contributed by atoms with Gasteiger partial charge in [-0.1, -0.05) is 78.6 Å². The molecule has 1 saturated carbocycles. The van der Waals surface area contributed by atoms with Gasteiger partial charge in [-0.25, -0.2) is 0 Å². The Hall–Kier alpha value is -0.0400. The second-order valence-corrected chi connectivity index (χ2v) is 7.74. The fraction of sp³-hybridized carbons (Fsp3) is 1.00. The Balaban J connectivity index is 1.77. The second-order valence-electron chi connectivity index (χ2n) is 7.74. The van der Waals surface area contributed by atoms with Gasteiger partial charge >= 0.3 is 0 Å². The highest BCUT2D eigenvalue weighted by atomic mass is 14.9. The third kappa shape index (κ3) is 9.00. The summed E-state index contributed by atoms with van der Waals surface area (Å²) in [5.41, 5.74) is 0.593. The Bertz CT molecular complexity index is 222. The molecule has 1 aliphatic rings. The van der Waals surface area contributed by atoms with Crippen molar-refractivity contribution in [2.75, 3.05) is 6.54 Å². The first kappa shape index (κ1) is 18.0. The van der Waals surface area contributed by atoms with Gasteiger partial charge in [0, 0.05) is 6.04 Å². The largest absolute Gasteiger partial charge is 0.314 e. The molecule has 0 aromatic carbocycles. The molecule has 1 atom stereocenters. The molecule has 0 aliphatic heterocycles. The smallest absolute Gasteiger partial charge is 0.00723 e. The van der Waals surface area contributed by atoms with Gasteiger partial charge in [-0.05, 0) is 37.6 Å². The standard InChI is InChI=1S/C19H39N/c1-4-5-6-7-8-9-10-11-12-13-16-20-18-14-15-19(2,3)17-18/h18,20H,4-17H2,1-3H3. The Morgan fingerprint density at radius 2 is 1.40 bits per heavy atom. The average Bonchev–Trinajstić information content (AvgIpc) is 2.75. The number of hydrogen-bond acceptors (Lipinski definition) is 1. The van der Waals surface area contributed by atoms with E-state index >= 15 is 0 Å². The summed E-state index contributed by atoms with van der Waals surface area (Å²) in [6, 6.07) is 0.809. The van der Waals surface area contributed by atoms with Crippen LogP contribution in [0.5, 0.6) is 0 Å². The van der Waals surface area contributed by atoms with Crippen molar-refractivity contribution in [1.29, 1.82) is 0 Å². The van der Waals surface area contributed by atoms with Crippen molar-refractivity contribution in [2.24, 2.45) is 5.41 Å². The van der Waals surface area contributed by atoms with Gasteiger partial charge in [0.25, 0.3) is 0 Å². The minimum absolute atomic E-state index is 0.593. The maximum atomic E-state index is 3.76. The fourth-order valence-corrected chi connectivity index (χ4v) is 3.53. The summed E-state index contributed by atoms with van der Waals surface area (Å²) >= 11 is 0. The van der Waals surface area contributed by atoms with Crippen molar-refractivity contribution in [1.82, 2.24) is 5.32 Å². The van der Waals surface area contributed by atoms with Crippen LogP contribution in [0.3, 0.4) is 0 Å². The average molecular weight is 282 g/mol. The summed E-state index contributed by atoms with van der Waals surface area (Å²) in [4.78, 5) is 0. The Morgan fingerprint density at radius 1 is 0.850 bits per heavy atom. The first-order chi connectivity index (χ1) is 9.64. The molecule has 1 rings (SSSR count). The Labute approximate surface area is 128 Å². The Kier molecular flexibility index (Phi) is 9.59. The third-order valence-electron chi connectivity index (χ3n) is 4.93. The van der Waals surface area contributed by atoms with Crippen molar-refractivity contribution >= 4 is 0 Å². The monoisotopic (exact) mass is 281 g/mol. The highest BCUT2D eigenvalue weighted by molar-refractivity contribution is 4.86. The molecule has 0 aromatic heterocycles. The predicted molar refractivity (Wildman–Crippen MR) is 91.3 cm³/mol. The van der Waals surface area contributed by atoms with Gasteiger partial charge in [0.15, 0.2) is 0 Å². The van der Waals surface area contributed by atoms with Gasteiger partial charge in [-0.15, -0.1) is 0 Å². The zero-order valence-electron chi connectivity index (χ0n) is 14.5. The molecule has 0 bridgehead atoms. The molecule has 0 heterocycles. The van der Waals surface area contributed by atoms with E-state index in [1.54, 1.807) is 0 Å². The van der Waals surface area contributed by atoms with E-state index in [2.05, 4.69) is 26.1 Å². The zero-order valence-corrected chi connectivity index (χ0v) is 14.5. The lowest BCUT2D eigenvalue weighted by atomic mass is 9.92. The minimum Gasteiger partial charge on any atom is -0.314 e. The first-order valence-electron chi connectivity index (χ1n) is 9.37. The molecule has 0 spiro atoms. The summed E-state index contributed by atoms with van der Waals surface area (Å²) in [5.74, 6) is 0. The molecule has 0 radical (unpaired) electrons. The van der Waals surface area contributed by atoms with Crippen LogP contribution in [0.1, 0.15) is 104 Å². The van der Waals surface area contributed by atoms with Crippen LogP contribution < -0.4 is 5.32 Å². The van der Waals surface area contributed by atoms with Gasteiger partial charge in [0.2, 0.25) is 0 Å². The molecule has 1 unspecified atom stereocenters. The van der Waals surface area contributed by atoms with Crippen molar-refractivity contribution in [3.8, 4) is 0 Å². The lowest BCUT2D eigenvalue weighted by molar-refractivity contribution is 0.363. The molecule has 120 valence electrons. The second kappa shape index (κ2) is 10.7.